The SMILES string of the molecule is CCN(c1ccc(F)cc1)c1cc(Br)ccc1CO. The fourth-order valence-electron chi connectivity index (χ4n) is 2.04. The van der Waals surface area contributed by atoms with E-state index in [-0.39, 0.29) is 12.4 Å². The number of benzene rings is 2. The first-order chi connectivity index (χ1) is 9.15. The average Bonchev–Trinajstić information content (AvgIpc) is 2.42. The van der Waals surface area contributed by atoms with Crippen molar-refractivity contribution in [3.8, 4) is 0 Å². The molecule has 0 amide bonds. The molecular formula is C15H15BrFNO. The summed E-state index contributed by atoms with van der Waals surface area (Å²) < 4.78 is 13.9. The van der Waals surface area contributed by atoms with Gasteiger partial charge in [-0.3, -0.25) is 0 Å². The van der Waals surface area contributed by atoms with E-state index in [0.717, 1.165) is 28.0 Å². The van der Waals surface area contributed by atoms with Crippen LogP contribution in [0.15, 0.2) is 46.9 Å². The summed E-state index contributed by atoms with van der Waals surface area (Å²) in [5, 5.41) is 9.44. The fraction of sp³-hybridized carbons (Fsp3) is 0.200. The molecule has 0 radical (unpaired) electrons. The highest BCUT2D eigenvalue weighted by Crippen LogP contribution is 2.31. The lowest BCUT2D eigenvalue weighted by molar-refractivity contribution is 0.282. The molecule has 0 unspecified atom stereocenters. The smallest absolute Gasteiger partial charge is 0.123 e. The lowest BCUT2D eigenvalue weighted by atomic mass is 10.1. The molecule has 0 atom stereocenters. The van der Waals surface area contributed by atoms with Gasteiger partial charge in [-0.1, -0.05) is 22.0 Å². The number of nitrogens with zero attached hydrogens (tertiary/aromatic N) is 1. The Kier molecular flexibility index (Phi) is 4.56. The van der Waals surface area contributed by atoms with Gasteiger partial charge in [0.1, 0.15) is 5.82 Å². The Morgan fingerprint density at radius 2 is 1.84 bits per heavy atom. The van der Waals surface area contributed by atoms with Crippen LogP contribution >= 0.6 is 15.9 Å². The van der Waals surface area contributed by atoms with Crippen LogP contribution in [0.2, 0.25) is 0 Å². The molecule has 4 heteroatoms. The summed E-state index contributed by atoms with van der Waals surface area (Å²) in [6, 6.07) is 12.1. The summed E-state index contributed by atoms with van der Waals surface area (Å²) >= 11 is 3.44. The monoisotopic (exact) mass is 323 g/mol. The van der Waals surface area contributed by atoms with Crippen molar-refractivity contribution in [3.05, 3.63) is 58.3 Å². The van der Waals surface area contributed by atoms with Crippen LogP contribution in [-0.4, -0.2) is 11.7 Å². The number of hydrogen-bond donors (Lipinski definition) is 1. The van der Waals surface area contributed by atoms with E-state index >= 15 is 0 Å². The zero-order valence-electron chi connectivity index (χ0n) is 10.6. The third-order valence-electron chi connectivity index (χ3n) is 2.96. The first kappa shape index (κ1) is 14.0. The molecule has 0 bridgehead atoms. The molecule has 2 aromatic rings. The van der Waals surface area contributed by atoms with E-state index in [1.165, 1.54) is 12.1 Å². The van der Waals surface area contributed by atoms with Gasteiger partial charge in [0, 0.05) is 28.0 Å². The van der Waals surface area contributed by atoms with Gasteiger partial charge < -0.3 is 10.0 Å². The molecule has 0 aliphatic carbocycles. The van der Waals surface area contributed by atoms with Gasteiger partial charge in [-0.2, -0.15) is 0 Å². The molecule has 2 rings (SSSR count). The highest BCUT2D eigenvalue weighted by molar-refractivity contribution is 9.10. The summed E-state index contributed by atoms with van der Waals surface area (Å²) in [4.78, 5) is 2.04. The summed E-state index contributed by atoms with van der Waals surface area (Å²) in [6.07, 6.45) is 0. The van der Waals surface area contributed by atoms with Crippen LogP contribution < -0.4 is 4.90 Å². The van der Waals surface area contributed by atoms with E-state index in [2.05, 4.69) is 15.9 Å². The molecule has 100 valence electrons. The zero-order valence-corrected chi connectivity index (χ0v) is 12.2. The number of aliphatic hydroxyl groups is 1. The molecule has 1 N–H and O–H groups in total. The molecule has 0 spiro atoms. The minimum Gasteiger partial charge on any atom is -0.392 e. The molecule has 0 aliphatic heterocycles. The number of rotatable bonds is 4. The van der Waals surface area contributed by atoms with Crippen LogP contribution in [-0.2, 0) is 6.61 Å². The van der Waals surface area contributed by atoms with Crippen LogP contribution in [0.4, 0.5) is 15.8 Å². The van der Waals surface area contributed by atoms with Gasteiger partial charge in [-0.15, -0.1) is 0 Å². The zero-order chi connectivity index (χ0) is 13.8. The van der Waals surface area contributed by atoms with Gasteiger partial charge in [-0.05, 0) is 43.3 Å². The van der Waals surface area contributed by atoms with Gasteiger partial charge in [0.2, 0.25) is 0 Å². The molecule has 0 saturated heterocycles. The van der Waals surface area contributed by atoms with Gasteiger partial charge >= 0.3 is 0 Å². The second-order valence-corrected chi connectivity index (χ2v) is 5.07. The number of hydrogen-bond acceptors (Lipinski definition) is 2. The topological polar surface area (TPSA) is 23.5 Å². The molecule has 0 fully saturated rings. The van der Waals surface area contributed by atoms with Crippen LogP contribution in [0.5, 0.6) is 0 Å². The van der Waals surface area contributed by atoms with E-state index in [4.69, 9.17) is 0 Å². The minimum absolute atomic E-state index is 0.0275. The van der Waals surface area contributed by atoms with Crippen molar-refractivity contribution in [2.24, 2.45) is 0 Å². The standard InChI is InChI=1S/C15H15BrFNO/c1-2-18(14-7-5-13(17)6-8-14)15-9-12(16)4-3-11(15)10-19/h3-9,19H,2,10H2,1H3. The average molecular weight is 324 g/mol. The Hall–Kier alpha value is -1.39. The highest BCUT2D eigenvalue weighted by atomic mass is 79.9. The molecule has 0 heterocycles. The van der Waals surface area contributed by atoms with Crippen LogP contribution in [0.1, 0.15) is 12.5 Å². The number of aliphatic hydroxyl groups excluding tert-OH is 1. The first-order valence-electron chi connectivity index (χ1n) is 6.08. The molecule has 2 nitrogen and oxygen atoms in total. The lowest BCUT2D eigenvalue weighted by Gasteiger charge is -2.25. The van der Waals surface area contributed by atoms with E-state index in [9.17, 15) is 9.50 Å². The summed E-state index contributed by atoms with van der Waals surface area (Å²) in [5.41, 5.74) is 2.66. The predicted molar refractivity (Wildman–Crippen MR) is 79.1 cm³/mol. The van der Waals surface area contributed by atoms with Crippen molar-refractivity contribution in [1.29, 1.82) is 0 Å². The van der Waals surface area contributed by atoms with Gasteiger partial charge in [0.05, 0.1) is 6.61 Å². The number of anilines is 2. The maximum absolute atomic E-state index is 13.0. The quantitative estimate of drug-likeness (QED) is 0.909. The number of halogens is 2. The second kappa shape index (κ2) is 6.17. The summed E-state index contributed by atoms with van der Waals surface area (Å²) in [7, 11) is 0. The molecule has 2 aromatic carbocycles. The normalized spacial score (nSPS) is 10.5. The highest BCUT2D eigenvalue weighted by Gasteiger charge is 2.12. The molecule has 0 saturated carbocycles. The van der Waals surface area contributed by atoms with Crippen molar-refractivity contribution in [1.82, 2.24) is 0 Å². The third kappa shape index (κ3) is 3.14. The van der Waals surface area contributed by atoms with Crippen molar-refractivity contribution in [2.45, 2.75) is 13.5 Å². The largest absolute Gasteiger partial charge is 0.392 e. The van der Waals surface area contributed by atoms with Crippen molar-refractivity contribution in [3.63, 3.8) is 0 Å². The second-order valence-electron chi connectivity index (χ2n) is 4.15. The Bertz CT molecular complexity index is 557. The van der Waals surface area contributed by atoms with Gasteiger partial charge in [-0.25, -0.2) is 4.39 Å². The Morgan fingerprint density at radius 1 is 1.16 bits per heavy atom. The van der Waals surface area contributed by atoms with Crippen LogP contribution in [0.25, 0.3) is 0 Å². The Morgan fingerprint density at radius 3 is 2.42 bits per heavy atom. The van der Waals surface area contributed by atoms with Crippen LogP contribution in [0.3, 0.4) is 0 Å². The third-order valence-corrected chi connectivity index (χ3v) is 3.46. The molecule has 0 aliphatic rings. The molecular weight excluding hydrogens is 309 g/mol. The Labute approximate surface area is 120 Å². The minimum atomic E-state index is -0.253. The van der Waals surface area contributed by atoms with Gasteiger partial charge in [0.25, 0.3) is 0 Å². The van der Waals surface area contributed by atoms with Gasteiger partial charge in [0.15, 0.2) is 0 Å². The molecule has 19 heavy (non-hydrogen) atoms. The van der Waals surface area contributed by atoms with E-state index in [0.29, 0.717) is 0 Å². The maximum atomic E-state index is 13.0. The lowest BCUT2D eigenvalue weighted by Crippen LogP contribution is -2.17. The maximum Gasteiger partial charge on any atom is 0.123 e. The van der Waals surface area contributed by atoms with Crippen molar-refractivity contribution >= 4 is 27.3 Å². The van der Waals surface area contributed by atoms with E-state index < -0.39 is 0 Å². The summed E-state index contributed by atoms with van der Waals surface area (Å²) in [5.74, 6) is -0.253. The van der Waals surface area contributed by atoms with Crippen LogP contribution in [0, 0.1) is 5.82 Å². The van der Waals surface area contributed by atoms with E-state index in [1.54, 1.807) is 12.1 Å². The van der Waals surface area contributed by atoms with Crippen molar-refractivity contribution in [2.75, 3.05) is 11.4 Å². The predicted octanol–water partition coefficient (Wildman–Crippen LogP) is 4.24. The Balaban J connectivity index is 2.47. The fourth-order valence-corrected chi connectivity index (χ4v) is 2.38. The van der Waals surface area contributed by atoms with E-state index in [1.807, 2.05) is 30.0 Å². The summed E-state index contributed by atoms with van der Waals surface area (Å²) in [6.45, 7) is 2.72. The first-order valence-corrected chi connectivity index (χ1v) is 6.87. The molecule has 0 aromatic heterocycles. The van der Waals surface area contributed by atoms with Crippen molar-refractivity contribution < 1.29 is 9.50 Å².